The number of hydrogen-bond acceptors (Lipinski definition) is 0. The van der Waals surface area contributed by atoms with E-state index in [4.69, 9.17) is 0 Å². The Morgan fingerprint density at radius 3 is 2.30 bits per heavy atom. The molecule has 0 N–H and O–H groups in total. The summed E-state index contributed by atoms with van der Waals surface area (Å²) in [5.41, 5.74) is 0. The minimum atomic E-state index is 0.925. The van der Waals surface area contributed by atoms with Crippen LogP contribution in [-0.2, 0) is 0 Å². The van der Waals surface area contributed by atoms with Gasteiger partial charge in [0.05, 0.1) is 0 Å². The molecule has 0 fully saturated rings. The van der Waals surface area contributed by atoms with Crippen LogP contribution < -0.4 is 0 Å². The van der Waals surface area contributed by atoms with Gasteiger partial charge >= 0.3 is 0 Å². The Kier molecular flexibility index (Phi) is 8.40. The van der Waals surface area contributed by atoms with Crippen LogP contribution in [-0.4, -0.2) is 3.92 Å². The molecule has 0 nitrogen and oxygen atoms in total. The molecule has 0 aliphatic rings. The molecule has 0 amide bonds. The molecule has 0 heterocycles. The molecule has 10 heavy (non-hydrogen) atoms. The van der Waals surface area contributed by atoms with E-state index in [0.717, 1.165) is 3.92 Å². The van der Waals surface area contributed by atoms with E-state index in [1.54, 1.807) is 0 Å². The van der Waals surface area contributed by atoms with Crippen LogP contribution in [0.4, 0.5) is 0 Å². The lowest BCUT2D eigenvalue weighted by atomic mass is 10.1. The minimum absolute atomic E-state index is 0.925. The van der Waals surface area contributed by atoms with Crippen LogP contribution in [0.3, 0.4) is 0 Å². The van der Waals surface area contributed by atoms with Crippen LogP contribution in [0.5, 0.6) is 0 Å². The van der Waals surface area contributed by atoms with Gasteiger partial charge in [0, 0.05) is 3.92 Å². The average molecular weight is 254 g/mol. The van der Waals surface area contributed by atoms with Crippen molar-refractivity contribution in [2.45, 2.75) is 56.3 Å². The average Bonchev–Trinajstić information content (AvgIpc) is 1.98. The van der Waals surface area contributed by atoms with Gasteiger partial charge in [-0.15, -0.1) is 0 Å². The van der Waals surface area contributed by atoms with Crippen molar-refractivity contribution in [3.63, 3.8) is 0 Å². The number of rotatable bonds is 6. The number of hydrogen-bond donors (Lipinski definition) is 0. The molecule has 0 bridgehead atoms. The van der Waals surface area contributed by atoms with Crippen molar-refractivity contribution in [2.75, 3.05) is 0 Å². The van der Waals surface area contributed by atoms with Crippen molar-refractivity contribution in [3.8, 4) is 0 Å². The smallest absolute Gasteiger partial charge is 0.0107 e. The molecule has 0 aromatic heterocycles. The van der Waals surface area contributed by atoms with Gasteiger partial charge in [-0.2, -0.15) is 0 Å². The number of alkyl halides is 1. The molecule has 0 spiro atoms. The van der Waals surface area contributed by atoms with E-state index in [9.17, 15) is 0 Å². The van der Waals surface area contributed by atoms with Gasteiger partial charge in [-0.1, -0.05) is 62.1 Å². The van der Waals surface area contributed by atoms with Crippen LogP contribution in [0, 0.1) is 0 Å². The van der Waals surface area contributed by atoms with Gasteiger partial charge in [-0.25, -0.2) is 0 Å². The molecular weight excluding hydrogens is 235 g/mol. The lowest BCUT2D eigenvalue weighted by Gasteiger charge is -2.04. The zero-order chi connectivity index (χ0) is 7.82. The standard InChI is InChI=1S/C9H19I/c1-3-5-6-7-8-9(10)4-2/h9H,3-8H2,1-2H3/t9-/m0/s1. The second-order valence-electron chi connectivity index (χ2n) is 2.85. The van der Waals surface area contributed by atoms with Gasteiger partial charge in [-0.05, 0) is 12.8 Å². The summed E-state index contributed by atoms with van der Waals surface area (Å²) >= 11 is 2.56. The van der Waals surface area contributed by atoms with Crippen LogP contribution in [0.2, 0.25) is 0 Å². The van der Waals surface area contributed by atoms with E-state index in [2.05, 4.69) is 36.4 Å². The Morgan fingerprint density at radius 1 is 1.10 bits per heavy atom. The summed E-state index contributed by atoms with van der Waals surface area (Å²) in [7, 11) is 0. The molecule has 1 atom stereocenters. The molecule has 0 aliphatic carbocycles. The fourth-order valence-corrected chi connectivity index (χ4v) is 1.44. The monoisotopic (exact) mass is 254 g/mol. The highest BCUT2D eigenvalue weighted by Gasteiger charge is 1.98. The summed E-state index contributed by atoms with van der Waals surface area (Å²) in [5.74, 6) is 0. The van der Waals surface area contributed by atoms with E-state index in [1.165, 1.54) is 38.5 Å². The summed E-state index contributed by atoms with van der Waals surface area (Å²) in [4.78, 5) is 0. The van der Waals surface area contributed by atoms with Crippen molar-refractivity contribution in [1.29, 1.82) is 0 Å². The van der Waals surface area contributed by atoms with E-state index in [-0.39, 0.29) is 0 Å². The second-order valence-corrected chi connectivity index (χ2v) is 4.62. The van der Waals surface area contributed by atoms with Crippen LogP contribution in [0.1, 0.15) is 52.4 Å². The fourth-order valence-electron chi connectivity index (χ4n) is 0.997. The number of unbranched alkanes of at least 4 members (excludes halogenated alkanes) is 3. The molecule has 0 rings (SSSR count). The molecule has 0 aromatic rings. The van der Waals surface area contributed by atoms with E-state index < -0.39 is 0 Å². The molecule has 0 aromatic carbocycles. The Bertz CT molecular complexity index is 61.7. The van der Waals surface area contributed by atoms with Crippen molar-refractivity contribution in [2.24, 2.45) is 0 Å². The molecule has 0 radical (unpaired) electrons. The Hall–Kier alpha value is 0.730. The summed E-state index contributed by atoms with van der Waals surface area (Å²) in [6.07, 6.45) is 8.43. The van der Waals surface area contributed by atoms with Gasteiger partial charge in [0.1, 0.15) is 0 Å². The first-order valence-corrected chi connectivity index (χ1v) is 5.69. The second kappa shape index (κ2) is 7.83. The summed E-state index contributed by atoms with van der Waals surface area (Å²) < 4.78 is 0.925. The third kappa shape index (κ3) is 6.84. The summed E-state index contributed by atoms with van der Waals surface area (Å²) in [6, 6.07) is 0. The lowest BCUT2D eigenvalue weighted by molar-refractivity contribution is 0.619. The Balaban J connectivity index is 2.89. The highest BCUT2D eigenvalue weighted by Crippen LogP contribution is 2.14. The first-order chi connectivity index (χ1) is 4.81. The molecule has 0 saturated heterocycles. The van der Waals surface area contributed by atoms with Gasteiger partial charge in [0.2, 0.25) is 0 Å². The highest BCUT2D eigenvalue weighted by molar-refractivity contribution is 14.1. The Labute approximate surface area is 78.9 Å². The van der Waals surface area contributed by atoms with Gasteiger partial charge < -0.3 is 0 Å². The first-order valence-electron chi connectivity index (χ1n) is 4.45. The molecule has 0 aliphatic heterocycles. The molecular formula is C9H19I. The topological polar surface area (TPSA) is 0 Å². The van der Waals surface area contributed by atoms with Crippen LogP contribution in [0.15, 0.2) is 0 Å². The van der Waals surface area contributed by atoms with E-state index >= 15 is 0 Å². The maximum Gasteiger partial charge on any atom is 0.0107 e. The molecule has 0 unspecified atom stereocenters. The normalized spacial score (nSPS) is 13.5. The van der Waals surface area contributed by atoms with Crippen LogP contribution >= 0.6 is 22.6 Å². The molecule has 1 heteroatoms. The first kappa shape index (κ1) is 10.7. The Morgan fingerprint density at radius 2 is 1.80 bits per heavy atom. The van der Waals surface area contributed by atoms with E-state index in [1.807, 2.05) is 0 Å². The largest absolute Gasteiger partial charge is 0.0826 e. The van der Waals surface area contributed by atoms with E-state index in [0.29, 0.717) is 0 Å². The zero-order valence-electron chi connectivity index (χ0n) is 7.20. The van der Waals surface area contributed by atoms with Crippen LogP contribution in [0.25, 0.3) is 0 Å². The summed E-state index contributed by atoms with van der Waals surface area (Å²) in [5, 5.41) is 0. The molecule has 0 saturated carbocycles. The highest BCUT2D eigenvalue weighted by atomic mass is 127. The maximum atomic E-state index is 2.56. The van der Waals surface area contributed by atoms with Gasteiger partial charge in [0.25, 0.3) is 0 Å². The number of halogens is 1. The molecule has 62 valence electrons. The van der Waals surface area contributed by atoms with Crippen molar-refractivity contribution in [3.05, 3.63) is 0 Å². The zero-order valence-corrected chi connectivity index (χ0v) is 9.36. The fraction of sp³-hybridized carbons (Fsp3) is 1.00. The summed E-state index contributed by atoms with van der Waals surface area (Å²) in [6.45, 7) is 4.54. The SMILES string of the molecule is CCCCCC[C@@H](I)CC. The maximum absolute atomic E-state index is 2.56. The minimum Gasteiger partial charge on any atom is -0.0826 e. The third-order valence-electron chi connectivity index (χ3n) is 1.81. The predicted molar refractivity (Wildman–Crippen MR) is 56.9 cm³/mol. The third-order valence-corrected chi connectivity index (χ3v) is 3.32. The lowest BCUT2D eigenvalue weighted by Crippen LogP contribution is -1.93. The predicted octanol–water partition coefficient (Wildman–Crippen LogP) is 4.17. The van der Waals surface area contributed by atoms with Crippen molar-refractivity contribution >= 4 is 22.6 Å². The quantitative estimate of drug-likeness (QED) is 0.379. The van der Waals surface area contributed by atoms with Crippen molar-refractivity contribution < 1.29 is 0 Å². The van der Waals surface area contributed by atoms with Gasteiger partial charge in [0.15, 0.2) is 0 Å². The van der Waals surface area contributed by atoms with Gasteiger partial charge in [-0.3, -0.25) is 0 Å². The van der Waals surface area contributed by atoms with Crippen molar-refractivity contribution in [1.82, 2.24) is 0 Å².